The average Bonchev–Trinajstić information content (AvgIpc) is 2.70. The Labute approximate surface area is 106 Å². The highest BCUT2D eigenvalue weighted by Crippen LogP contribution is 2.29. The average molecular weight is 256 g/mol. The number of carboxylic acid groups (broad SMARTS) is 1. The highest BCUT2D eigenvalue weighted by Gasteiger charge is 2.21. The molecule has 0 aliphatic heterocycles. The molecule has 102 valence electrons. The van der Waals surface area contributed by atoms with E-state index in [0.29, 0.717) is 18.4 Å². The van der Waals surface area contributed by atoms with Gasteiger partial charge in [-0.3, -0.25) is 14.9 Å². The fourth-order valence-corrected chi connectivity index (χ4v) is 2.20. The van der Waals surface area contributed by atoms with Crippen molar-refractivity contribution in [3.8, 4) is 0 Å². The van der Waals surface area contributed by atoms with Gasteiger partial charge >= 0.3 is 12.0 Å². The summed E-state index contributed by atoms with van der Waals surface area (Å²) < 4.78 is 0. The van der Waals surface area contributed by atoms with Crippen LogP contribution >= 0.6 is 0 Å². The van der Waals surface area contributed by atoms with Crippen LogP contribution in [0.25, 0.3) is 0 Å². The first-order valence-corrected chi connectivity index (χ1v) is 6.27. The molecule has 0 aromatic rings. The van der Waals surface area contributed by atoms with Crippen molar-refractivity contribution in [3.63, 3.8) is 0 Å². The summed E-state index contributed by atoms with van der Waals surface area (Å²) >= 11 is 0. The minimum atomic E-state index is -1.05. The van der Waals surface area contributed by atoms with E-state index in [1.165, 1.54) is 6.42 Å². The molecule has 0 heterocycles. The zero-order valence-corrected chi connectivity index (χ0v) is 10.6. The van der Waals surface area contributed by atoms with E-state index in [9.17, 15) is 14.4 Å². The summed E-state index contributed by atoms with van der Waals surface area (Å²) in [5.74, 6) is -0.419. The highest BCUT2D eigenvalue weighted by atomic mass is 16.4. The van der Waals surface area contributed by atoms with Gasteiger partial charge in [0, 0.05) is 13.0 Å². The van der Waals surface area contributed by atoms with Crippen molar-refractivity contribution in [1.29, 1.82) is 0 Å². The zero-order valence-electron chi connectivity index (χ0n) is 10.6. The Morgan fingerprint density at radius 1 is 1.22 bits per heavy atom. The second kappa shape index (κ2) is 6.98. The molecule has 3 N–H and O–H groups in total. The minimum Gasteiger partial charge on any atom is -0.481 e. The van der Waals surface area contributed by atoms with Gasteiger partial charge in [0.15, 0.2) is 0 Å². The summed E-state index contributed by atoms with van der Waals surface area (Å²) in [7, 11) is 0. The van der Waals surface area contributed by atoms with Crippen LogP contribution < -0.4 is 10.6 Å². The number of aliphatic carboxylic acids is 1. The number of urea groups is 1. The topological polar surface area (TPSA) is 95.5 Å². The van der Waals surface area contributed by atoms with E-state index in [1.54, 1.807) is 0 Å². The van der Waals surface area contributed by atoms with Gasteiger partial charge in [-0.15, -0.1) is 0 Å². The van der Waals surface area contributed by atoms with Crippen molar-refractivity contribution in [2.24, 2.45) is 11.8 Å². The summed E-state index contributed by atoms with van der Waals surface area (Å²) in [6, 6.07) is -0.537. The molecule has 1 saturated carbocycles. The van der Waals surface area contributed by atoms with Gasteiger partial charge in [0.2, 0.25) is 5.91 Å². The van der Waals surface area contributed by atoms with E-state index >= 15 is 0 Å². The molecule has 2 atom stereocenters. The van der Waals surface area contributed by atoms with Crippen LogP contribution in [0.2, 0.25) is 0 Å². The largest absolute Gasteiger partial charge is 0.481 e. The molecule has 1 fully saturated rings. The number of imide groups is 1. The molecule has 18 heavy (non-hydrogen) atoms. The van der Waals surface area contributed by atoms with E-state index in [4.69, 9.17) is 5.11 Å². The summed E-state index contributed by atoms with van der Waals surface area (Å²) in [5, 5.41) is 13.2. The van der Waals surface area contributed by atoms with Crippen LogP contribution in [0.5, 0.6) is 0 Å². The summed E-state index contributed by atoms with van der Waals surface area (Å²) in [4.78, 5) is 32.8. The molecule has 0 radical (unpaired) electrons. The molecule has 0 bridgehead atoms. The van der Waals surface area contributed by atoms with E-state index in [0.717, 1.165) is 12.8 Å². The lowest BCUT2D eigenvalue weighted by Gasteiger charge is -2.11. The second-order valence-corrected chi connectivity index (χ2v) is 4.94. The lowest BCUT2D eigenvalue weighted by atomic mass is 10.1. The standard InChI is InChI=1S/C12H20N2O4/c1-8-2-3-9(6-8)7-13-12(18)14-10(15)4-5-11(16)17/h8-9H,2-7H2,1H3,(H,16,17)(H2,13,14,15,18). The predicted molar refractivity (Wildman–Crippen MR) is 64.9 cm³/mol. The van der Waals surface area contributed by atoms with Crippen molar-refractivity contribution >= 4 is 17.9 Å². The molecule has 0 aromatic heterocycles. The number of carboxylic acids is 1. The maximum Gasteiger partial charge on any atom is 0.321 e. The van der Waals surface area contributed by atoms with Crippen molar-refractivity contribution in [1.82, 2.24) is 10.6 Å². The van der Waals surface area contributed by atoms with Crippen LogP contribution in [0.3, 0.4) is 0 Å². The first-order chi connectivity index (χ1) is 8.47. The third-order valence-electron chi connectivity index (χ3n) is 3.17. The van der Waals surface area contributed by atoms with E-state index < -0.39 is 17.9 Å². The van der Waals surface area contributed by atoms with E-state index in [2.05, 4.69) is 17.6 Å². The zero-order chi connectivity index (χ0) is 13.5. The summed E-state index contributed by atoms with van der Waals surface area (Å²) in [5.41, 5.74) is 0. The molecule has 6 heteroatoms. The Bertz CT molecular complexity index is 330. The van der Waals surface area contributed by atoms with Gasteiger partial charge in [0.1, 0.15) is 0 Å². The van der Waals surface area contributed by atoms with E-state index in [1.807, 2.05) is 0 Å². The van der Waals surface area contributed by atoms with Crippen molar-refractivity contribution in [2.75, 3.05) is 6.54 Å². The lowest BCUT2D eigenvalue weighted by molar-refractivity contribution is -0.138. The van der Waals surface area contributed by atoms with Gasteiger partial charge in [-0.2, -0.15) is 0 Å². The van der Waals surface area contributed by atoms with Crippen LogP contribution in [-0.2, 0) is 9.59 Å². The second-order valence-electron chi connectivity index (χ2n) is 4.94. The van der Waals surface area contributed by atoms with Gasteiger partial charge in [-0.05, 0) is 24.7 Å². The molecular formula is C12H20N2O4. The summed E-state index contributed by atoms with van der Waals surface area (Å²) in [6.45, 7) is 2.76. The molecule has 0 aromatic carbocycles. The third kappa shape index (κ3) is 5.65. The smallest absolute Gasteiger partial charge is 0.321 e. The van der Waals surface area contributed by atoms with Crippen LogP contribution in [0.4, 0.5) is 4.79 Å². The number of hydrogen-bond acceptors (Lipinski definition) is 3. The maximum absolute atomic E-state index is 11.3. The Balaban J connectivity index is 2.13. The van der Waals surface area contributed by atoms with Crippen LogP contribution in [0.1, 0.15) is 39.0 Å². The fraction of sp³-hybridized carbons (Fsp3) is 0.750. The molecule has 0 saturated heterocycles. The number of hydrogen-bond donors (Lipinski definition) is 3. The van der Waals surface area contributed by atoms with Gasteiger partial charge in [-0.25, -0.2) is 4.79 Å². The molecule has 0 spiro atoms. The molecule has 3 amide bonds. The quantitative estimate of drug-likeness (QED) is 0.686. The van der Waals surface area contributed by atoms with Crippen molar-refractivity contribution in [3.05, 3.63) is 0 Å². The Hall–Kier alpha value is -1.59. The number of amides is 3. The number of carbonyl (C=O) groups excluding carboxylic acids is 2. The van der Waals surface area contributed by atoms with E-state index in [-0.39, 0.29) is 12.8 Å². The first-order valence-electron chi connectivity index (χ1n) is 6.27. The van der Waals surface area contributed by atoms with Crippen molar-refractivity contribution in [2.45, 2.75) is 39.0 Å². The molecule has 1 aliphatic carbocycles. The molecule has 2 unspecified atom stereocenters. The predicted octanol–water partition coefficient (Wildman–Crippen LogP) is 1.11. The fourth-order valence-electron chi connectivity index (χ4n) is 2.20. The number of carbonyl (C=O) groups is 3. The molecule has 1 aliphatic rings. The lowest BCUT2D eigenvalue weighted by Crippen LogP contribution is -2.41. The first kappa shape index (κ1) is 14.5. The van der Waals surface area contributed by atoms with Gasteiger partial charge in [0.25, 0.3) is 0 Å². The third-order valence-corrected chi connectivity index (χ3v) is 3.17. The van der Waals surface area contributed by atoms with Gasteiger partial charge in [-0.1, -0.05) is 13.3 Å². The normalized spacial score (nSPS) is 22.5. The number of rotatable bonds is 5. The Morgan fingerprint density at radius 2 is 1.94 bits per heavy atom. The van der Waals surface area contributed by atoms with Gasteiger partial charge < -0.3 is 10.4 Å². The van der Waals surface area contributed by atoms with Gasteiger partial charge in [0.05, 0.1) is 6.42 Å². The maximum atomic E-state index is 11.3. The summed E-state index contributed by atoms with van der Waals surface area (Å²) in [6.07, 6.45) is 2.95. The SMILES string of the molecule is CC1CCC(CNC(=O)NC(=O)CCC(=O)O)C1. The number of nitrogens with one attached hydrogen (secondary N) is 2. The molecular weight excluding hydrogens is 236 g/mol. The Kier molecular flexibility index (Phi) is 5.61. The monoisotopic (exact) mass is 256 g/mol. The molecule has 1 rings (SSSR count). The molecule has 6 nitrogen and oxygen atoms in total. The van der Waals surface area contributed by atoms with Crippen LogP contribution in [0, 0.1) is 11.8 Å². The van der Waals surface area contributed by atoms with Crippen molar-refractivity contribution < 1.29 is 19.5 Å². The minimum absolute atomic E-state index is 0.177. The Morgan fingerprint density at radius 3 is 2.50 bits per heavy atom. The van der Waals surface area contributed by atoms with Crippen LogP contribution in [-0.4, -0.2) is 29.6 Å². The highest BCUT2D eigenvalue weighted by molar-refractivity contribution is 5.95. The van der Waals surface area contributed by atoms with Crippen LogP contribution in [0.15, 0.2) is 0 Å².